The fourth-order valence-corrected chi connectivity index (χ4v) is 4.43. The molecule has 24 heavy (non-hydrogen) atoms. The molecule has 140 valence electrons. The van der Waals surface area contributed by atoms with E-state index in [1.807, 2.05) is 20.8 Å². The number of rotatable bonds is 5. The van der Waals surface area contributed by atoms with Crippen LogP contribution >= 0.6 is 0 Å². The van der Waals surface area contributed by atoms with Gasteiger partial charge in [-0.1, -0.05) is 20.8 Å². The van der Waals surface area contributed by atoms with Crippen LogP contribution < -0.4 is 0 Å². The average Bonchev–Trinajstić information content (AvgIpc) is 2.73. The van der Waals surface area contributed by atoms with Crippen LogP contribution in [0.4, 0.5) is 4.79 Å². The maximum Gasteiger partial charge on any atom is 0.412 e. The van der Waals surface area contributed by atoms with Gasteiger partial charge in [0, 0.05) is 19.4 Å². The standard InChI is InChI=1S/C18H35NO4Si/c1-16(2,3)14-12-18(10-9-11-20,23-24(7)8)19(13-14)15(21)22-17(4,5)6/h11,14,24H,9-10,12-13H2,1-8H3/t14-,18-/m0/s1. The molecule has 0 spiro atoms. The quantitative estimate of drug-likeness (QED) is 0.552. The Morgan fingerprint density at radius 2 is 1.83 bits per heavy atom. The molecule has 5 nitrogen and oxygen atoms in total. The lowest BCUT2D eigenvalue weighted by molar-refractivity contribution is -0.111. The molecular weight excluding hydrogens is 322 g/mol. The van der Waals surface area contributed by atoms with Gasteiger partial charge in [0.25, 0.3) is 0 Å². The van der Waals surface area contributed by atoms with Crippen molar-refractivity contribution in [3.05, 3.63) is 0 Å². The van der Waals surface area contributed by atoms with E-state index in [2.05, 4.69) is 33.9 Å². The average molecular weight is 358 g/mol. The van der Waals surface area contributed by atoms with E-state index < -0.39 is 20.4 Å². The molecule has 0 N–H and O–H groups in total. The molecule has 1 fully saturated rings. The molecule has 0 saturated carbocycles. The lowest BCUT2D eigenvalue weighted by atomic mass is 9.78. The molecule has 6 heteroatoms. The number of hydrogen-bond acceptors (Lipinski definition) is 4. The molecule has 1 heterocycles. The first-order chi connectivity index (χ1) is 10.8. The first kappa shape index (κ1) is 21.2. The van der Waals surface area contributed by atoms with E-state index in [9.17, 15) is 9.59 Å². The van der Waals surface area contributed by atoms with Gasteiger partial charge in [-0.2, -0.15) is 0 Å². The van der Waals surface area contributed by atoms with Crippen molar-refractivity contribution in [3.63, 3.8) is 0 Å². The summed E-state index contributed by atoms with van der Waals surface area (Å²) in [5.74, 6) is 0.310. The van der Waals surface area contributed by atoms with Crippen LogP contribution in [0.5, 0.6) is 0 Å². The Hall–Kier alpha value is -0.883. The van der Waals surface area contributed by atoms with Crippen LogP contribution in [-0.4, -0.2) is 44.2 Å². The van der Waals surface area contributed by atoms with Crippen molar-refractivity contribution < 1.29 is 18.8 Å². The summed E-state index contributed by atoms with van der Waals surface area (Å²) in [5, 5.41) is 0. The van der Waals surface area contributed by atoms with Crippen molar-refractivity contribution in [1.82, 2.24) is 4.90 Å². The second-order valence-electron chi connectivity index (χ2n) is 9.18. The molecule has 2 atom stereocenters. The smallest absolute Gasteiger partial charge is 0.412 e. The number of amides is 1. The molecule has 1 saturated heterocycles. The predicted molar refractivity (Wildman–Crippen MR) is 98.5 cm³/mol. The normalized spacial score (nSPS) is 25.2. The number of carbonyl (C=O) groups is 2. The third-order valence-electron chi connectivity index (χ3n) is 4.41. The molecular formula is C18H35NO4Si. The maximum absolute atomic E-state index is 12.8. The summed E-state index contributed by atoms with van der Waals surface area (Å²) in [5.41, 5.74) is -1.20. The van der Waals surface area contributed by atoms with E-state index >= 15 is 0 Å². The van der Waals surface area contributed by atoms with Gasteiger partial charge in [-0.3, -0.25) is 4.90 Å². The number of likely N-dealkylation sites (tertiary alicyclic amines) is 1. The van der Waals surface area contributed by atoms with Crippen molar-refractivity contribution in [1.29, 1.82) is 0 Å². The minimum Gasteiger partial charge on any atom is -0.444 e. The van der Waals surface area contributed by atoms with E-state index in [0.29, 0.717) is 25.3 Å². The van der Waals surface area contributed by atoms with Crippen LogP contribution in [-0.2, 0) is 14.0 Å². The third kappa shape index (κ3) is 5.58. The van der Waals surface area contributed by atoms with Crippen LogP contribution in [0.25, 0.3) is 0 Å². The SMILES string of the molecule is C[SiH](C)O[C@@]1(CCC=O)C[C@H](C(C)(C)C)CN1C(=O)OC(C)(C)C. The van der Waals surface area contributed by atoms with Gasteiger partial charge in [0.15, 0.2) is 9.04 Å². The van der Waals surface area contributed by atoms with Crippen molar-refractivity contribution >= 4 is 21.4 Å². The second kappa shape index (κ2) is 7.56. The van der Waals surface area contributed by atoms with E-state index in [-0.39, 0.29) is 11.5 Å². The summed E-state index contributed by atoms with van der Waals surface area (Å²) in [4.78, 5) is 25.6. The van der Waals surface area contributed by atoms with Crippen LogP contribution in [0.2, 0.25) is 13.1 Å². The molecule has 1 aliphatic rings. The lowest BCUT2D eigenvalue weighted by Gasteiger charge is -2.40. The Kier molecular flexibility index (Phi) is 6.67. The van der Waals surface area contributed by atoms with Crippen molar-refractivity contribution in [2.24, 2.45) is 11.3 Å². The summed E-state index contributed by atoms with van der Waals surface area (Å²) >= 11 is 0. The molecule has 0 aromatic rings. The minimum atomic E-state index is -1.41. The molecule has 1 rings (SSSR count). The third-order valence-corrected chi connectivity index (χ3v) is 5.32. The zero-order valence-electron chi connectivity index (χ0n) is 16.6. The Labute approximate surface area is 148 Å². The van der Waals surface area contributed by atoms with Gasteiger partial charge < -0.3 is 14.0 Å². The maximum atomic E-state index is 12.8. The molecule has 0 radical (unpaired) electrons. The lowest BCUT2D eigenvalue weighted by Crippen LogP contribution is -2.52. The highest BCUT2D eigenvalue weighted by molar-refractivity contribution is 6.48. The summed E-state index contributed by atoms with van der Waals surface area (Å²) < 4.78 is 12.0. The predicted octanol–water partition coefficient (Wildman–Crippen LogP) is 3.96. The van der Waals surface area contributed by atoms with Gasteiger partial charge >= 0.3 is 6.09 Å². The Balaban J connectivity index is 3.19. The topological polar surface area (TPSA) is 55.8 Å². The van der Waals surface area contributed by atoms with Crippen LogP contribution in [0.3, 0.4) is 0 Å². The number of ether oxygens (including phenoxy) is 1. The molecule has 1 aliphatic heterocycles. The Morgan fingerprint density at radius 1 is 1.25 bits per heavy atom. The number of hydrogen-bond donors (Lipinski definition) is 0. The monoisotopic (exact) mass is 357 g/mol. The van der Waals surface area contributed by atoms with Gasteiger partial charge in [0.05, 0.1) is 0 Å². The number of aldehydes is 1. The van der Waals surface area contributed by atoms with E-state index in [0.717, 1.165) is 12.7 Å². The van der Waals surface area contributed by atoms with Crippen molar-refractivity contribution in [2.75, 3.05) is 6.54 Å². The van der Waals surface area contributed by atoms with E-state index in [1.165, 1.54) is 0 Å². The highest BCUT2D eigenvalue weighted by Crippen LogP contribution is 2.45. The van der Waals surface area contributed by atoms with Gasteiger partial charge in [-0.15, -0.1) is 0 Å². The largest absolute Gasteiger partial charge is 0.444 e. The molecule has 0 aromatic heterocycles. The van der Waals surface area contributed by atoms with Gasteiger partial charge in [-0.05, 0) is 51.6 Å². The second-order valence-corrected chi connectivity index (χ2v) is 11.5. The molecule has 0 aliphatic carbocycles. The van der Waals surface area contributed by atoms with E-state index in [1.54, 1.807) is 4.90 Å². The highest BCUT2D eigenvalue weighted by Gasteiger charge is 2.52. The van der Waals surface area contributed by atoms with Gasteiger partial charge in [0.2, 0.25) is 0 Å². The van der Waals surface area contributed by atoms with Crippen molar-refractivity contribution in [2.45, 2.75) is 85.2 Å². The zero-order chi connectivity index (χ0) is 18.8. The fourth-order valence-electron chi connectivity index (χ4n) is 3.22. The summed E-state index contributed by atoms with van der Waals surface area (Å²) in [6, 6.07) is 0. The Bertz CT molecular complexity index is 453. The zero-order valence-corrected chi connectivity index (χ0v) is 17.8. The van der Waals surface area contributed by atoms with Crippen molar-refractivity contribution in [3.8, 4) is 0 Å². The Morgan fingerprint density at radius 3 is 2.25 bits per heavy atom. The molecule has 0 bridgehead atoms. The van der Waals surface area contributed by atoms with Crippen LogP contribution in [0.15, 0.2) is 0 Å². The minimum absolute atomic E-state index is 0.0606. The highest BCUT2D eigenvalue weighted by atomic mass is 28.3. The molecule has 0 unspecified atom stereocenters. The van der Waals surface area contributed by atoms with Crippen LogP contribution in [0.1, 0.15) is 60.8 Å². The molecule has 1 amide bonds. The number of nitrogens with zero attached hydrogens (tertiary/aromatic N) is 1. The van der Waals surface area contributed by atoms with Crippen LogP contribution in [0, 0.1) is 11.3 Å². The fraction of sp³-hybridized carbons (Fsp3) is 0.889. The first-order valence-electron chi connectivity index (χ1n) is 8.93. The summed E-state index contributed by atoms with van der Waals surface area (Å²) in [7, 11) is -1.41. The first-order valence-corrected chi connectivity index (χ1v) is 11.7. The summed E-state index contributed by atoms with van der Waals surface area (Å²) in [6.45, 7) is 17.0. The van der Waals surface area contributed by atoms with E-state index in [4.69, 9.17) is 9.16 Å². The molecule has 0 aromatic carbocycles. The van der Waals surface area contributed by atoms with Gasteiger partial charge in [0.1, 0.15) is 17.6 Å². The van der Waals surface area contributed by atoms with Gasteiger partial charge in [-0.25, -0.2) is 4.79 Å². The number of carbonyl (C=O) groups excluding carboxylic acids is 2. The summed E-state index contributed by atoms with van der Waals surface area (Å²) in [6.07, 6.45) is 2.25.